The molecule has 0 bridgehead atoms. The van der Waals surface area contributed by atoms with E-state index in [0.717, 1.165) is 12.8 Å². The Morgan fingerprint density at radius 1 is 1.50 bits per heavy atom. The van der Waals surface area contributed by atoms with Gasteiger partial charge in [-0.25, -0.2) is 4.39 Å². The minimum atomic E-state index is -0.317. The van der Waals surface area contributed by atoms with Crippen LogP contribution < -0.4 is 0 Å². The first kappa shape index (κ1) is 12.7. The first-order valence-corrected chi connectivity index (χ1v) is 5.47. The van der Waals surface area contributed by atoms with Crippen LogP contribution in [0, 0.1) is 17.1 Å². The molecule has 0 N–H and O–H groups in total. The van der Waals surface area contributed by atoms with Crippen LogP contribution in [0.2, 0.25) is 0 Å². The van der Waals surface area contributed by atoms with Gasteiger partial charge >= 0.3 is 0 Å². The molecule has 0 fully saturated rings. The molecule has 0 aromatic heterocycles. The molecule has 16 heavy (non-hydrogen) atoms. The predicted molar refractivity (Wildman–Crippen MR) is 60.3 cm³/mol. The van der Waals surface area contributed by atoms with E-state index in [1.165, 1.54) is 18.2 Å². The monoisotopic (exact) mass is 221 g/mol. The maximum Gasteiger partial charge on any atom is 0.128 e. The Balaban J connectivity index is 2.63. The minimum Gasteiger partial charge on any atom is -0.374 e. The third-order valence-corrected chi connectivity index (χ3v) is 2.39. The van der Waals surface area contributed by atoms with Gasteiger partial charge in [0.15, 0.2) is 0 Å². The average molecular weight is 221 g/mol. The minimum absolute atomic E-state index is 0.121. The van der Waals surface area contributed by atoms with E-state index in [9.17, 15) is 4.39 Å². The Morgan fingerprint density at radius 2 is 2.25 bits per heavy atom. The molecule has 1 unspecified atom stereocenters. The van der Waals surface area contributed by atoms with Gasteiger partial charge in [-0.3, -0.25) is 0 Å². The second kappa shape index (κ2) is 6.24. The fourth-order valence-corrected chi connectivity index (χ4v) is 1.48. The number of ether oxygens (including phenoxy) is 1. The van der Waals surface area contributed by atoms with E-state index in [2.05, 4.69) is 6.92 Å². The highest BCUT2D eigenvalue weighted by atomic mass is 19.1. The molecule has 0 saturated carbocycles. The van der Waals surface area contributed by atoms with Crippen molar-refractivity contribution in [2.75, 3.05) is 0 Å². The van der Waals surface area contributed by atoms with Gasteiger partial charge < -0.3 is 4.74 Å². The highest BCUT2D eigenvalue weighted by Crippen LogP contribution is 2.13. The van der Waals surface area contributed by atoms with E-state index in [0.29, 0.717) is 11.1 Å². The Morgan fingerprint density at radius 3 is 2.88 bits per heavy atom. The molecule has 0 heterocycles. The van der Waals surface area contributed by atoms with Gasteiger partial charge in [0.2, 0.25) is 0 Å². The number of benzene rings is 1. The Bertz CT molecular complexity index is 384. The second-order valence-corrected chi connectivity index (χ2v) is 3.83. The standard InChI is InChI=1S/C13H16FNO/c1-3-4-10(2)16-9-12-7-11(8-15)5-6-13(12)14/h5-7,10H,3-4,9H2,1-2H3. The van der Waals surface area contributed by atoms with Gasteiger partial charge in [0.1, 0.15) is 5.82 Å². The fraction of sp³-hybridized carbons (Fsp3) is 0.462. The van der Waals surface area contributed by atoms with Crippen molar-refractivity contribution in [2.45, 2.75) is 39.4 Å². The van der Waals surface area contributed by atoms with Crippen molar-refractivity contribution in [1.29, 1.82) is 5.26 Å². The summed E-state index contributed by atoms with van der Waals surface area (Å²) in [6.45, 7) is 4.27. The molecule has 1 atom stereocenters. The van der Waals surface area contributed by atoms with Gasteiger partial charge in [0.05, 0.1) is 24.3 Å². The van der Waals surface area contributed by atoms with Gasteiger partial charge in [-0.15, -0.1) is 0 Å². The number of halogens is 1. The summed E-state index contributed by atoms with van der Waals surface area (Å²) in [5.41, 5.74) is 0.908. The molecule has 1 aromatic rings. The molecular formula is C13H16FNO. The summed E-state index contributed by atoms with van der Waals surface area (Å²) in [5, 5.41) is 8.70. The Labute approximate surface area is 95.7 Å². The van der Waals surface area contributed by atoms with Crippen molar-refractivity contribution in [3.05, 3.63) is 35.1 Å². The summed E-state index contributed by atoms with van der Waals surface area (Å²) in [6.07, 6.45) is 2.12. The molecule has 0 aliphatic carbocycles. The van der Waals surface area contributed by atoms with Crippen molar-refractivity contribution < 1.29 is 9.13 Å². The zero-order chi connectivity index (χ0) is 12.0. The van der Waals surface area contributed by atoms with E-state index in [4.69, 9.17) is 10.00 Å². The van der Waals surface area contributed by atoms with Gasteiger partial charge in [-0.2, -0.15) is 5.26 Å². The van der Waals surface area contributed by atoms with Crippen LogP contribution in [0.25, 0.3) is 0 Å². The zero-order valence-corrected chi connectivity index (χ0v) is 9.66. The van der Waals surface area contributed by atoms with E-state index in [-0.39, 0.29) is 18.5 Å². The smallest absolute Gasteiger partial charge is 0.128 e. The predicted octanol–water partition coefficient (Wildman–Crippen LogP) is 3.40. The molecular weight excluding hydrogens is 205 g/mol. The molecule has 2 nitrogen and oxygen atoms in total. The van der Waals surface area contributed by atoms with Crippen LogP contribution in [0.15, 0.2) is 18.2 Å². The number of rotatable bonds is 5. The summed E-state index contributed by atoms with van der Waals surface area (Å²) >= 11 is 0. The highest BCUT2D eigenvalue weighted by Gasteiger charge is 2.06. The lowest BCUT2D eigenvalue weighted by Gasteiger charge is -2.12. The van der Waals surface area contributed by atoms with Gasteiger partial charge in [0, 0.05) is 5.56 Å². The van der Waals surface area contributed by atoms with E-state index < -0.39 is 0 Å². The maximum atomic E-state index is 13.4. The van der Waals surface area contributed by atoms with E-state index in [1.54, 1.807) is 0 Å². The third-order valence-electron chi connectivity index (χ3n) is 2.39. The van der Waals surface area contributed by atoms with Crippen LogP contribution in [0.3, 0.4) is 0 Å². The first-order valence-electron chi connectivity index (χ1n) is 5.47. The van der Waals surface area contributed by atoms with Gasteiger partial charge in [-0.1, -0.05) is 13.3 Å². The normalized spacial score (nSPS) is 12.1. The van der Waals surface area contributed by atoms with E-state index in [1.807, 2.05) is 13.0 Å². The number of nitrogens with zero attached hydrogens (tertiary/aromatic N) is 1. The van der Waals surface area contributed by atoms with Crippen molar-refractivity contribution in [3.63, 3.8) is 0 Å². The third kappa shape index (κ3) is 3.63. The molecule has 0 radical (unpaired) electrons. The van der Waals surface area contributed by atoms with Crippen LogP contribution in [0.1, 0.15) is 37.8 Å². The number of hydrogen-bond acceptors (Lipinski definition) is 2. The lowest BCUT2D eigenvalue weighted by atomic mass is 10.1. The molecule has 3 heteroatoms. The molecule has 1 rings (SSSR count). The zero-order valence-electron chi connectivity index (χ0n) is 9.66. The van der Waals surface area contributed by atoms with Crippen molar-refractivity contribution in [2.24, 2.45) is 0 Å². The average Bonchev–Trinajstić information content (AvgIpc) is 2.28. The number of hydrogen-bond donors (Lipinski definition) is 0. The lowest BCUT2D eigenvalue weighted by molar-refractivity contribution is 0.0456. The van der Waals surface area contributed by atoms with Crippen LogP contribution in [0.5, 0.6) is 0 Å². The summed E-state index contributed by atoms with van der Waals surface area (Å²) in [5.74, 6) is -0.317. The van der Waals surface area contributed by atoms with Crippen molar-refractivity contribution >= 4 is 0 Å². The molecule has 0 saturated heterocycles. The van der Waals surface area contributed by atoms with Crippen molar-refractivity contribution in [1.82, 2.24) is 0 Å². The van der Waals surface area contributed by atoms with Gasteiger partial charge in [0.25, 0.3) is 0 Å². The van der Waals surface area contributed by atoms with Crippen molar-refractivity contribution in [3.8, 4) is 6.07 Å². The summed E-state index contributed by atoms with van der Waals surface area (Å²) in [6, 6.07) is 6.29. The number of nitriles is 1. The second-order valence-electron chi connectivity index (χ2n) is 3.83. The summed E-state index contributed by atoms with van der Waals surface area (Å²) in [4.78, 5) is 0. The fourth-order valence-electron chi connectivity index (χ4n) is 1.48. The van der Waals surface area contributed by atoms with E-state index >= 15 is 0 Å². The lowest BCUT2D eigenvalue weighted by Crippen LogP contribution is -2.08. The SMILES string of the molecule is CCCC(C)OCc1cc(C#N)ccc1F. The maximum absolute atomic E-state index is 13.4. The molecule has 0 aliphatic rings. The quantitative estimate of drug-likeness (QED) is 0.763. The molecule has 0 spiro atoms. The Hall–Kier alpha value is -1.40. The molecule has 1 aromatic carbocycles. The molecule has 0 amide bonds. The molecule has 86 valence electrons. The highest BCUT2D eigenvalue weighted by molar-refractivity contribution is 5.33. The molecule has 0 aliphatic heterocycles. The van der Waals surface area contributed by atoms with Gasteiger partial charge in [-0.05, 0) is 31.5 Å². The van der Waals surface area contributed by atoms with Crippen LogP contribution in [0.4, 0.5) is 4.39 Å². The topological polar surface area (TPSA) is 33.0 Å². The van der Waals surface area contributed by atoms with Crippen LogP contribution >= 0.6 is 0 Å². The summed E-state index contributed by atoms with van der Waals surface area (Å²) < 4.78 is 18.9. The first-order chi connectivity index (χ1) is 7.67. The Kier molecular flexibility index (Phi) is 4.94. The summed E-state index contributed by atoms with van der Waals surface area (Å²) in [7, 11) is 0. The van der Waals surface area contributed by atoms with Crippen LogP contribution in [-0.4, -0.2) is 6.10 Å². The van der Waals surface area contributed by atoms with Crippen LogP contribution in [-0.2, 0) is 11.3 Å². The largest absolute Gasteiger partial charge is 0.374 e.